The first kappa shape index (κ1) is 21.9. The van der Waals surface area contributed by atoms with E-state index in [-0.39, 0.29) is 0 Å². The molecule has 0 saturated carbocycles. The van der Waals surface area contributed by atoms with Crippen molar-refractivity contribution >= 4 is 5.97 Å². The Kier molecular flexibility index (Phi) is 17.3. The van der Waals surface area contributed by atoms with E-state index >= 15 is 0 Å². The molecule has 1 N–H and O–H groups in total. The van der Waals surface area contributed by atoms with Crippen molar-refractivity contribution in [2.24, 2.45) is 0 Å². The van der Waals surface area contributed by atoms with E-state index < -0.39 is 5.97 Å². The fourth-order valence-corrected chi connectivity index (χ4v) is 2.05. The van der Waals surface area contributed by atoms with Gasteiger partial charge >= 0.3 is 5.97 Å². The zero-order valence-corrected chi connectivity index (χ0v) is 14.9. The summed E-state index contributed by atoms with van der Waals surface area (Å²) in [7, 11) is 0. The van der Waals surface area contributed by atoms with E-state index in [4.69, 9.17) is 5.11 Å². The lowest BCUT2D eigenvalue weighted by molar-refractivity contribution is -0.131. The number of carboxylic acid groups (broad SMARTS) is 1. The van der Waals surface area contributed by atoms with E-state index in [1.54, 1.807) is 12.2 Å². The van der Waals surface area contributed by atoms with Gasteiger partial charge in [-0.05, 0) is 12.8 Å². The Labute approximate surface area is 147 Å². The molecule has 0 spiro atoms. The second-order valence-electron chi connectivity index (χ2n) is 5.58. The quantitative estimate of drug-likeness (QED) is 0.223. The third kappa shape index (κ3) is 19.9. The molecular formula is C22H32O2. The summed E-state index contributed by atoms with van der Waals surface area (Å²) in [5, 5.41) is 8.39. The molecule has 0 radical (unpaired) electrons. The molecule has 24 heavy (non-hydrogen) atoms. The minimum atomic E-state index is -0.936. The van der Waals surface area contributed by atoms with Crippen LogP contribution in [0.4, 0.5) is 0 Å². The Morgan fingerprint density at radius 2 is 1.12 bits per heavy atom. The van der Waals surface area contributed by atoms with Gasteiger partial charge in [0.1, 0.15) is 0 Å². The van der Waals surface area contributed by atoms with Crippen LogP contribution < -0.4 is 0 Å². The highest BCUT2D eigenvalue weighted by molar-refractivity contribution is 5.80. The van der Waals surface area contributed by atoms with Crippen molar-refractivity contribution in [2.45, 2.75) is 58.3 Å². The lowest BCUT2D eigenvalue weighted by Crippen LogP contribution is -1.84. The fourth-order valence-electron chi connectivity index (χ4n) is 2.05. The van der Waals surface area contributed by atoms with Gasteiger partial charge in [0.05, 0.1) is 0 Å². The molecule has 0 saturated heterocycles. The minimum absolute atomic E-state index is 0.936. The smallest absolute Gasteiger partial charge is 0.328 e. The van der Waals surface area contributed by atoms with Crippen LogP contribution in [0.5, 0.6) is 0 Å². The van der Waals surface area contributed by atoms with Crippen LogP contribution in [0.3, 0.4) is 0 Å². The van der Waals surface area contributed by atoms with Gasteiger partial charge in [-0.1, -0.05) is 112 Å². The zero-order chi connectivity index (χ0) is 17.7. The topological polar surface area (TPSA) is 37.3 Å². The summed E-state index contributed by atoms with van der Waals surface area (Å²) in [6, 6.07) is 0. The summed E-state index contributed by atoms with van der Waals surface area (Å²) in [6.45, 7) is 2.25. The van der Waals surface area contributed by atoms with Gasteiger partial charge in [0.25, 0.3) is 0 Å². The molecule has 132 valence electrons. The van der Waals surface area contributed by atoms with E-state index in [0.717, 1.165) is 12.5 Å². The van der Waals surface area contributed by atoms with E-state index in [2.05, 4.69) is 19.1 Å². The maximum absolute atomic E-state index is 10.2. The fraction of sp³-hybridized carbons (Fsp3) is 0.409. The lowest BCUT2D eigenvalue weighted by Gasteiger charge is -1.98. The Hall–Kier alpha value is -2.09. The SMILES string of the molecule is CCCCCCCCC\C=C/C=C\C=C\C=C/C=C/C=C/C(=O)O. The highest BCUT2D eigenvalue weighted by atomic mass is 16.4. The van der Waals surface area contributed by atoms with Gasteiger partial charge in [-0.15, -0.1) is 0 Å². The first-order valence-corrected chi connectivity index (χ1v) is 9.00. The molecule has 0 rings (SSSR count). The minimum Gasteiger partial charge on any atom is -0.478 e. The number of aliphatic carboxylic acids is 1. The van der Waals surface area contributed by atoms with E-state index in [1.807, 2.05) is 36.5 Å². The summed E-state index contributed by atoms with van der Waals surface area (Å²) in [4.78, 5) is 10.2. The van der Waals surface area contributed by atoms with Crippen LogP contribution in [0.1, 0.15) is 58.3 Å². The number of hydrogen-bond donors (Lipinski definition) is 1. The molecule has 2 nitrogen and oxygen atoms in total. The highest BCUT2D eigenvalue weighted by Crippen LogP contribution is 2.08. The van der Waals surface area contributed by atoms with Crippen molar-refractivity contribution in [2.75, 3.05) is 0 Å². The van der Waals surface area contributed by atoms with Gasteiger partial charge in [-0.2, -0.15) is 0 Å². The molecule has 0 fully saturated rings. The Morgan fingerprint density at radius 1 is 0.667 bits per heavy atom. The van der Waals surface area contributed by atoms with Gasteiger partial charge in [0, 0.05) is 6.08 Å². The monoisotopic (exact) mass is 328 g/mol. The molecule has 0 aromatic rings. The molecule has 0 aliphatic heterocycles. The van der Waals surface area contributed by atoms with Gasteiger partial charge in [0.15, 0.2) is 0 Å². The Balaban J connectivity index is 3.57. The van der Waals surface area contributed by atoms with Gasteiger partial charge in [-0.25, -0.2) is 4.79 Å². The van der Waals surface area contributed by atoms with Crippen molar-refractivity contribution in [3.8, 4) is 0 Å². The Morgan fingerprint density at radius 3 is 1.67 bits per heavy atom. The summed E-state index contributed by atoms with van der Waals surface area (Å²) in [6.07, 6.45) is 32.7. The molecule has 0 amide bonds. The molecule has 0 atom stereocenters. The number of hydrogen-bond acceptors (Lipinski definition) is 1. The highest BCUT2D eigenvalue weighted by Gasteiger charge is 1.88. The third-order valence-corrected chi connectivity index (χ3v) is 3.35. The number of allylic oxidation sites excluding steroid dienone is 11. The Bertz CT molecular complexity index is 462. The molecule has 2 heteroatoms. The van der Waals surface area contributed by atoms with Crippen LogP contribution in [0.2, 0.25) is 0 Å². The second-order valence-corrected chi connectivity index (χ2v) is 5.58. The van der Waals surface area contributed by atoms with Crippen LogP contribution in [-0.4, -0.2) is 11.1 Å². The number of unbranched alkanes of at least 4 members (excludes halogenated alkanes) is 7. The van der Waals surface area contributed by atoms with E-state index in [0.29, 0.717) is 0 Å². The van der Waals surface area contributed by atoms with Gasteiger partial charge < -0.3 is 5.11 Å². The van der Waals surface area contributed by atoms with Crippen molar-refractivity contribution in [3.05, 3.63) is 72.9 Å². The average Bonchev–Trinajstić information content (AvgIpc) is 2.56. The zero-order valence-electron chi connectivity index (χ0n) is 14.9. The normalized spacial score (nSPS) is 13.0. The van der Waals surface area contributed by atoms with Gasteiger partial charge in [0.2, 0.25) is 0 Å². The van der Waals surface area contributed by atoms with Crippen molar-refractivity contribution < 1.29 is 9.90 Å². The predicted molar refractivity (Wildman–Crippen MR) is 105 cm³/mol. The van der Waals surface area contributed by atoms with Crippen LogP contribution in [0.25, 0.3) is 0 Å². The van der Waals surface area contributed by atoms with Crippen molar-refractivity contribution in [1.29, 1.82) is 0 Å². The van der Waals surface area contributed by atoms with Crippen LogP contribution in [0.15, 0.2) is 72.9 Å². The third-order valence-electron chi connectivity index (χ3n) is 3.35. The standard InChI is InChI=1S/C22H32O2/c1-2-3-4-5-6-7-8-9-10-11-12-13-14-15-16-17-18-19-20-21-22(23)24/h10-21H,2-9H2,1H3,(H,23,24)/b11-10-,13-12-,15-14+,17-16-,19-18+,21-20+. The molecular weight excluding hydrogens is 296 g/mol. The van der Waals surface area contributed by atoms with Crippen molar-refractivity contribution in [1.82, 2.24) is 0 Å². The summed E-state index contributed by atoms with van der Waals surface area (Å²) >= 11 is 0. The van der Waals surface area contributed by atoms with Crippen LogP contribution in [-0.2, 0) is 4.79 Å². The molecule has 0 unspecified atom stereocenters. The van der Waals surface area contributed by atoms with Crippen LogP contribution >= 0.6 is 0 Å². The number of carbonyl (C=O) groups is 1. The first-order chi connectivity index (χ1) is 11.8. The number of carboxylic acids is 1. The molecule has 0 aromatic carbocycles. The summed E-state index contributed by atoms with van der Waals surface area (Å²) in [5.41, 5.74) is 0. The summed E-state index contributed by atoms with van der Waals surface area (Å²) in [5.74, 6) is -0.936. The predicted octanol–water partition coefficient (Wildman–Crippen LogP) is 6.55. The molecule has 0 aliphatic carbocycles. The summed E-state index contributed by atoms with van der Waals surface area (Å²) < 4.78 is 0. The lowest BCUT2D eigenvalue weighted by atomic mass is 10.1. The first-order valence-electron chi connectivity index (χ1n) is 9.00. The molecule has 0 aliphatic rings. The molecule has 0 aromatic heterocycles. The van der Waals surface area contributed by atoms with Gasteiger partial charge in [-0.3, -0.25) is 0 Å². The maximum atomic E-state index is 10.2. The van der Waals surface area contributed by atoms with Crippen LogP contribution in [0, 0.1) is 0 Å². The molecule has 0 bridgehead atoms. The van der Waals surface area contributed by atoms with E-state index in [1.165, 1.54) is 51.0 Å². The largest absolute Gasteiger partial charge is 0.478 e. The maximum Gasteiger partial charge on any atom is 0.328 e. The van der Waals surface area contributed by atoms with Crippen molar-refractivity contribution in [3.63, 3.8) is 0 Å². The number of rotatable bonds is 14. The average molecular weight is 328 g/mol. The molecule has 0 heterocycles. The van der Waals surface area contributed by atoms with E-state index in [9.17, 15) is 4.79 Å². The second kappa shape index (κ2) is 19.0.